The Hall–Kier alpha value is 0.137. The van der Waals surface area contributed by atoms with Gasteiger partial charge in [0.1, 0.15) is 0 Å². The summed E-state index contributed by atoms with van der Waals surface area (Å²) < 4.78 is 6.19. The van der Waals surface area contributed by atoms with E-state index in [4.69, 9.17) is 4.43 Å². The minimum absolute atomic E-state index is 0.567. The second-order valence-corrected chi connectivity index (χ2v) is 9.29. The molecule has 0 atom stereocenters. The lowest BCUT2D eigenvalue weighted by Crippen LogP contribution is -2.25. The van der Waals surface area contributed by atoms with Crippen LogP contribution in [0.4, 0.5) is 0 Å². The van der Waals surface area contributed by atoms with Gasteiger partial charge in [0, 0.05) is 0 Å². The van der Waals surface area contributed by atoms with Crippen molar-refractivity contribution >= 4 is 9.04 Å². The van der Waals surface area contributed by atoms with Gasteiger partial charge in [-0.1, -0.05) is 90.9 Å². The van der Waals surface area contributed by atoms with Gasteiger partial charge >= 0.3 is 0 Å². The van der Waals surface area contributed by atoms with Crippen molar-refractivity contribution in [2.45, 2.75) is 103 Å². The number of nitrogens with zero attached hydrogens (tertiary/aromatic N) is 1. The largest absolute Gasteiger partial charge is 0.404 e. The summed E-state index contributed by atoms with van der Waals surface area (Å²) in [5, 5.41) is 0. The lowest BCUT2D eigenvalue weighted by molar-refractivity contribution is 0.177. The van der Waals surface area contributed by atoms with Gasteiger partial charge in [0.25, 0.3) is 0 Å². The highest BCUT2D eigenvalue weighted by atomic mass is 28.3. The zero-order valence-corrected chi connectivity index (χ0v) is 17.0. The second kappa shape index (κ2) is 17.5. The van der Waals surface area contributed by atoms with Crippen molar-refractivity contribution in [2.75, 3.05) is 20.8 Å². The zero-order valence-electron chi connectivity index (χ0n) is 16.0. The fourth-order valence-electron chi connectivity index (χ4n) is 2.69. The van der Waals surface area contributed by atoms with Crippen LogP contribution in [0.15, 0.2) is 0 Å². The molecule has 0 heterocycles. The van der Waals surface area contributed by atoms with Crippen LogP contribution in [0.25, 0.3) is 0 Å². The molecular weight excluding hydrogens is 286 g/mol. The Balaban J connectivity index is 3.70. The van der Waals surface area contributed by atoms with Gasteiger partial charge in [-0.15, -0.1) is 0 Å². The first-order valence-electron chi connectivity index (χ1n) is 9.82. The minimum atomic E-state index is -0.567. The maximum absolute atomic E-state index is 6.19. The van der Waals surface area contributed by atoms with Gasteiger partial charge in [-0.2, -0.15) is 0 Å². The molecule has 0 rings (SSSR count). The molecule has 2 nitrogen and oxygen atoms in total. The molecule has 133 valence electrons. The van der Waals surface area contributed by atoms with E-state index in [1.54, 1.807) is 0 Å². The van der Waals surface area contributed by atoms with Gasteiger partial charge in [0.05, 0.1) is 6.73 Å². The maximum Gasteiger partial charge on any atom is 0.213 e. The van der Waals surface area contributed by atoms with Crippen molar-refractivity contribution in [1.29, 1.82) is 0 Å². The van der Waals surface area contributed by atoms with Crippen LogP contribution >= 0.6 is 0 Å². The highest BCUT2D eigenvalue weighted by molar-refractivity contribution is 6.51. The summed E-state index contributed by atoms with van der Waals surface area (Å²) in [5.41, 5.74) is 0. The number of hydrogen-bond donors (Lipinski definition) is 0. The molecule has 0 amide bonds. The molecule has 0 aliphatic carbocycles. The van der Waals surface area contributed by atoms with Crippen molar-refractivity contribution in [3.8, 4) is 0 Å². The summed E-state index contributed by atoms with van der Waals surface area (Å²) in [6, 6.07) is 2.72. The van der Waals surface area contributed by atoms with E-state index in [0.29, 0.717) is 0 Å². The summed E-state index contributed by atoms with van der Waals surface area (Å²) in [4.78, 5) is 2.16. The van der Waals surface area contributed by atoms with Crippen molar-refractivity contribution in [1.82, 2.24) is 4.90 Å². The maximum atomic E-state index is 6.19. The third kappa shape index (κ3) is 16.5. The monoisotopic (exact) mass is 328 g/mol. The van der Waals surface area contributed by atoms with Crippen molar-refractivity contribution < 1.29 is 4.43 Å². The first-order chi connectivity index (χ1) is 10.7. The highest BCUT2D eigenvalue weighted by Crippen LogP contribution is 2.16. The molecule has 0 spiro atoms. The number of rotatable bonds is 17. The summed E-state index contributed by atoms with van der Waals surface area (Å²) >= 11 is 0. The molecule has 0 saturated carbocycles. The van der Waals surface area contributed by atoms with E-state index in [2.05, 4.69) is 32.8 Å². The predicted octanol–water partition coefficient (Wildman–Crippen LogP) is 6.23. The van der Waals surface area contributed by atoms with Gasteiger partial charge in [-0.25, -0.2) is 0 Å². The fourth-order valence-corrected chi connectivity index (χ4v) is 4.96. The Morgan fingerprint density at radius 3 is 1.45 bits per heavy atom. The average Bonchev–Trinajstić information content (AvgIpc) is 2.50. The third-order valence-electron chi connectivity index (χ3n) is 4.15. The lowest BCUT2D eigenvalue weighted by atomic mass is 10.1. The quantitative estimate of drug-likeness (QED) is 0.178. The van der Waals surface area contributed by atoms with Crippen molar-refractivity contribution in [3.63, 3.8) is 0 Å². The molecular formula is C19H42NOSi. The predicted molar refractivity (Wildman–Crippen MR) is 102 cm³/mol. The summed E-state index contributed by atoms with van der Waals surface area (Å²) in [6.07, 6.45) is 16.8. The number of hydrogen-bond acceptors (Lipinski definition) is 2. The Morgan fingerprint density at radius 2 is 1.05 bits per heavy atom. The molecule has 0 aromatic heterocycles. The van der Waals surface area contributed by atoms with Gasteiger partial charge in [0.15, 0.2) is 0 Å². The van der Waals surface area contributed by atoms with Gasteiger partial charge in [-0.3, -0.25) is 4.90 Å². The van der Waals surface area contributed by atoms with Crippen LogP contribution in [0.2, 0.25) is 12.1 Å². The molecule has 0 unspecified atom stereocenters. The highest BCUT2D eigenvalue weighted by Gasteiger charge is 2.13. The average molecular weight is 329 g/mol. The Morgan fingerprint density at radius 1 is 0.636 bits per heavy atom. The van der Waals surface area contributed by atoms with Crippen LogP contribution in [-0.4, -0.2) is 34.8 Å². The van der Waals surface area contributed by atoms with Gasteiger partial charge in [-0.05, 0) is 26.2 Å². The van der Waals surface area contributed by atoms with E-state index < -0.39 is 9.04 Å². The Labute approximate surface area is 142 Å². The zero-order chi connectivity index (χ0) is 16.5. The van der Waals surface area contributed by atoms with Crippen molar-refractivity contribution in [2.24, 2.45) is 0 Å². The molecule has 0 aliphatic heterocycles. The molecule has 22 heavy (non-hydrogen) atoms. The molecule has 3 heteroatoms. The standard InChI is InChI=1S/C19H42NOSi/c1-5-7-9-11-13-15-17-22(21-19-20(3)4)18-16-14-12-10-8-6-2/h5-19H2,1-4H3. The Bertz CT molecular complexity index is 196. The molecule has 0 fully saturated rings. The smallest absolute Gasteiger partial charge is 0.213 e. The van der Waals surface area contributed by atoms with Crippen LogP contribution in [0.3, 0.4) is 0 Å². The van der Waals surface area contributed by atoms with Gasteiger partial charge in [0.2, 0.25) is 9.04 Å². The molecule has 0 bridgehead atoms. The van der Waals surface area contributed by atoms with Crippen LogP contribution in [0.5, 0.6) is 0 Å². The third-order valence-corrected chi connectivity index (χ3v) is 6.51. The summed E-state index contributed by atoms with van der Waals surface area (Å²) in [6.45, 7) is 5.40. The van der Waals surface area contributed by atoms with Crippen LogP contribution in [0.1, 0.15) is 90.9 Å². The number of unbranched alkanes of at least 4 members (excludes halogenated alkanes) is 10. The van der Waals surface area contributed by atoms with E-state index >= 15 is 0 Å². The molecule has 0 N–H and O–H groups in total. The minimum Gasteiger partial charge on any atom is -0.404 e. The van der Waals surface area contributed by atoms with E-state index in [1.807, 2.05) is 0 Å². The second-order valence-electron chi connectivity index (χ2n) is 6.93. The molecule has 1 radical (unpaired) electrons. The van der Waals surface area contributed by atoms with Gasteiger partial charge < -0.3 is 4.43 Å². The van der Waals surface area contributed by atoms with E-state index in [9.17, 15) is 0 Å². The normalized spacial score (nSPS) is 11.7. The first kappa shape index (κ1) is 22.1. The molecule has 0 aliphatic rings. The van der Waals surface area contributed by atoms with E-state index in [0.717, 1.165) is 6.73 Å². The molecule has 0 aromatic rings. The van der Waals surface area contributed by atoms with E-state index in [1.165, 1.54) is 89.1 Å². The van der Waals surface area contributed by atoms with Crippen LogP contribution in [-0.2, 0) is 4.43 Å². The summed E-state index contributed by atoms with van der Waals surface area (Å²) in [7, 11) is 3.65. The SMILES string of the molecule is CCCCCCCC[Si](CCCCCCCC)OCN(C)C. The summed E-state index contributed by atoms with van der Waals surface area (Å²) in [5.74, 6) is 0. The van der Waals surface area contributed by atoms with Crippen molar-refractivity contribution in [3.05, 3.63) is 0 Å². The first-order valence-corrected chi connectivity index (χ1v) is 11.6. The topological polar surface area (TPSA) is 12.5 Å². The lowest BCUT2D eigenvalue weighted by Gasteiger charge is -2.18. The Kier molecular flexibility index (Phi) is 17.6. The van der Waals surface area contributed by atoms with Crippen LogP contribution in [0, 0.1) is 0 Å². The van der Waals surface area contributed by atoms with E-state index in [-0.39, 0.29) is 0 Å². The van der Waals surface area contributed by atoms with Crippen LogP contribution < -0.4 is 0 Å². The molecule has 0 aromatic carbocycles. The fraction of sp³-hybridized carbons (Fsp3) is 1.00. The molecule has 0 saturated heterocycles.